The minimum atomic E-state index is 0.179. The molecule has 26 heavy (non-hydrogen) atoms. The van der Waals surface area contributed by atoms with Crippen molar-refractivity contribution < 1.29 is 14.3 Å². The number of carbonyl (C=O) groups is 1. The Morgan fingerprint density at radius 1 is 1.00 bits per heavy atom. The van der Waals surface area contributed by atoms with E-state index < -0.39 is 0 Å². The van der Waals surface area contributed by atoms with Crippen LogP contribution in [0.2, 0.25) is 0 Å². The Morgan fingerprint density at radius 3 is 2.65 bits per heavy atom. The van der Waals surface area contributed by atoms with Gasteiger partial charge in [0.1, 0.15) is 0 Å². The zero-order chi connectivity index (χ0) is 17.8. The van der Waals surface area contributed by atoms with E-state index >= 15 is 0 Å². The molecule has 1 atom stereocenters. The Kier molecular flexibility index (Phi) is 5.63. The molecule has 1 saturated heterocycles. The first-order valence-electron chi connectivity index (χ1n) is 10.2. The topological polar surface area (TPSA) is 50.8 Å². The van der Waals surface area contributed by atoms with E-state index in [9.17, 15) is 4.79 Å². The van der Waals surface area contributed by atoms with E-state index in [1.807, 2.05) is 6.07 Å². The Hall–Kier alpha value is -1.75. The van der Waals surface area contributed by atoms with Gasteiger partial charge < -0.3 is 14.8 Å². The Bertz CT molecular complexity index is 628. The normalized spacial score (nSPS) is 24.2. The van der Waals surface area contributed by atoms with Crippen LogP contribution in [0.3, 0.4) is 0 Å². The van der Waals surface area contributed by atoms with Crippen molar-refractivity contribution in [3.05, 3.63) is 23.8 Å². The van der Waals surface area contributed by atoms with Crippen molar-refractivity contribution in [1.29, 1.82) is 0 Å². The molecule has 1 aliphatic carbocycles. The summed E-state index contributed by atoms with van der Waals surface area (Å²) in [4.78, 5) is 14.8. The number of hydrogen-bond acceptors (Lipinski definition) is 4. The second-order valence-corrected chi connectivity index (χ2v) is 7.79. The fraction of sp³-hybridized carbons (Fsp3) is 0.667. The molecule has 1 N–H and O–H groups in total. The summed E-state index contributed by atoms with van der Waals surface area (Å²) in [6.07, 6.45) is 9.22. The molecule has 1 aromatic rings. The van der Waals surface area contributed by atoms with Gasteiger partial charge in [0.25, 0.3) is 0 Å². The van der Waals surface area contributed by atoms with Crippen LogP contribution in [0.4, 0.5) is 0 Å². The molecule has 2 heterocycles. The smallest absolute Gasteiger partial charge is 0.234 e. The van der Waals surface area contributed by atoms with E-state index in [0.29, 0.717) is 31.8 Å². The number of hydrogen-bond donors (Lipinski definition) is 1. The number of ether oxygens (including phenoxy) is 2. The van der Waals surface area contributed by atoms with Crippen LogP contribution >= 0.6 is 0 Å². The lowest BCUT2D eigenvalue weighted by Gasteiger charge is -2.27. The van der Waals surface area contributed by atoms with Crippen LogP contribution in [0.25, 0.3) is 0 Å². The van der Waals surface area contributed by atoms with Crippen molar-refractivity contribution in [1.82, 2.24) is 10.2 Å². The van der Waals surface area contributed by atoms with Gasteiger partial charge in [0.15, 0.2) is 11.5 Å². The molecule has 0 radical (unpaired) electrons. The van der Waals surface area contributed by atoms with E-state index in [1.165, 1.54) is 24.8 Å². The molecule has 142 valence electrons. The quantitative estimate of drug-likeness (QED) is 0.896. The molecule has 0 unspecified atom stereocenters. The van der Waals surface area contributed by atoms with E-state index in [0.717, 1.165) is 50.1 Å². The first kappa shape index (κ1) is 17.7. The van der Waals surface area contributed by atoms with E-state index in [1.54, 1.807) is 0 Å². The molecule has 0 spiro atoms. The number of benzene rings is 1. The third-order valence-electron chi connectivity index (χ3n) is 5.84. The van der Waals surface area contributed by atoms with Crippen molar-refractivity contribution in [2.45, 2.75) is 63.5 Å². The zero-order valence-corrected chi connectivity index (χ0v) is 15.5. The van der Waals surface area contributed by atoms with Crippen LogP contribution < -0.4 is 14.8 Å². The van der Waals surface area contributed by atoms with Crippen molar-refractivity contribution in [2.75, 3.05) is 26.3 Å². The molecule has 1 amide bonds. The van der Waals surface area contributed by atoms with Crippen LogP contribution in [0.1, 0.15) is 63.0 Å². The van der Waals surface area contributed by atoms with Crippen LogP contribution in [0, 0.1) is 0 Å². The standard InChI is InChI=1S/C21H30N2O3/c24-21(22-17-6-2-1-3-7-17)15-23-11-4-8-18(23)16-9-10-19-20(14-16)26-13-5-12-25-19/h9-10,14,17-18H,1-8,11-13,15H2,(H,22,24)/t18-/m0/s1. The molecule has 5 heteroatoms. The SMILES string of the molecule is O=C(CN1CCC[C@H]1c1ccc2c(c1)OCCCO2)NC1CCCCC1. The predicted molar refractivity (Wildman–Crippen MR) is 101 cm³/mol. The van der Waals surface area contributed by atoms with Gasteiger partial charge in [0.2, 0.25) is 5.91 Å². The number of amides is 1. The third-order valence-corrected chi connectivity index (χ3v) is 5.84. The fourth-order valence-corrected chi connectivity index (χ4v) is 4.48. The Morgan fingerprint density at radius 2 is 1.81 bits per heavy atom. The maximum atomic E-state index is 12.5. The highest BCUT2D eigenvalue weighted by atomic mass is 16.5. The predicted octanol–water partition coefficient (Wildman–Crippen LogP) is 3.43. The molecular formula is C21H30N2O3. The molecule has 0 bridgehead atoms. The first-order chi connectivity index (χ1) is 12.8. The number of rotatable bonds is 4. The van der Waals surface area contributed by atoms with E-state index in [2.05, 4.69) is 22.3 Å². The van der Waals surface area contributed by atoms with Crippen molar-refractivity contribution in [3.8, 4) is 11.5 Å². The summed E-state index contributed by atoms with van der Waals surface area (Å²) in [6.45, 7) is 2.89. The van der Waals surface area contributed by atoms with Crippen LogP contribution in [0.5, 0.6) is 11.5 Å². The lowest BCUT2D eigenvalue weighted by Crippen LogP contribution is -2.42. The van der Waals surface area contributed by atoms with E-state index in [4.69, 9.17) is 9.47 Å². The number of nitrogens with zero attached hydrogens (tertiary/aromatic N) is 1. The van der Waals surface area contributed by atoms with Gasteiger partial charge in [-0.25, -0.2) is 0 Å². The van der Waals surface area contributed by atoms with Gasteiger partial charge in [-0.05, 0) is 49.9 Å². The van der Waals surface area contributed by atoms with Gasteiger partial charge in [-0.3, -0.25) is 9.69 Å². The van der Waals surface area contributed by atoms with Crippen molar-refractivity contribution in [3.63, 3.8) is 0 Å². The maximum Gasteiger partial charge on any atom is 0.234 e. The Labute approximate surface area is 156 Å². The minimum Gasteiger partial charge on any atom is -0.490 e. The summed E-state index contributed by atoms with van der Waals surface area (Å²) in [5.41, 5.74) is 1.23. The van der Waals surface area contributed by atoms with Gasteiger partial charge in [-0.15, -0.1) is 0 Å². The van der Waals surface area contributed by atoms with Gasteiger partial charge in [0, 0.05) is 18.5 Å². The van der Waals surface area contributed by atoms with Crippen molar-refractivity contribution >= 4 is 5.91 Å². The second kappa shape index (κ2) is 8.30. The fourth-order valence-electron chi connectivity index (χ4n) is 4.48. The highest BCUT2D eigenvalue weighted by Crippen LogP contribution is 2.37. The molecule has 0 aromatic heterocycles. The lowest BCUT2D eigenvalue weighted by atomic mass is 9.95. The average Bonchev–Trinajstić information content (AvgIpc) is 2.98. The van der Waals surface area contributed by atoms with Gasteiger partial charge in [-0.1, -0.05) is 25.3 Å². The molecule has 2 aliphatic heterocycles. The summed E-state index contributed by atoms with van der Waals surface area (Å²) in [6, 6.07) is 6.95. The molecule has 1 saturated carbocycles. The van der Waals surface area contributed by atoms with Crippen LogP contribution in [0.15, 0.2) is 18.2 Å². The molecule has 1 aromatic carbocycles. The number of nitrogens with one attached hydrogen (secondary N) is 1. The largest absolute Gasteiger partial charge is 0.490 e. The lowest BCUT2D eigenvalue weighted by molar-refractivity contribution is -0.123. The third kappa shape index (κ3) is 4.14. The maximum absolute atomic E-state index is 12.5. The van der Waals surface area contributed by atoms with Gasteiger partial charge in [0.05, 0.1) is 19.8 Å². The van der Waals surface area contributed by atoms with Gasteiger partial charge >= 0.3 is 0 Å². The second-order valence-electron chi connectivity index (χ2n) is 7.79. The summed E-state index contributed by atoms with van der Waals surface area (Å²) in [5, 5.41) is 3.25. The molecule has 2 fully saturated rings. The highest BCUT2D eigenvalue weighted by molar-refractivity contribution is 5.78. The average molecular weight is 358 g/mol. The summed E-state index contributed by atoms with van der Waals surface area (Å²) < 4.78 is 11.6. The molecule has 3 aliphatic rings. The minimum absolute atomic E-state index is 0.179. The summed E-state index contributed by atoms with van der Waals surface area (Å²) in [7, 11) is 0. The monoisotopic (exact) mass is 358 g/mol. The highest BCUT2D eigenvalue weighted by Gasteiger charge is 2.29. The summed E-state index contributed by atoms with van der Waals surface area (Å²) >= 11 is 0. The number of carbonyl (C=O) groups excluding carboxylic acids is 1. The van der Waals surface area contributed by atoms with Crippen molar-refractivity contribution in [2.24, 2.45) is 0 Å². The Balaban J connectivity index is 1.40. The van der Waals surface area contributed by atoms with Gasteiger partial charge in [-0.2, -0.15) is 0 Å². The first-order valence-corrected chi connectivity index (χ1v) is 10.2. The van der Waals surface area contributed by atoms with E-state index in [-0.39, 0.29) is 5.91 Å². The van der Waals surface area contributed by atoms with Crippen LogP contribution in [-0.2, 0) is 4.79 Å². The van der Waals surface area contributed by atoms with Crippen LogP contribution in [-0.4, -0.2) is 43.2 Å². The molecule has 4 rings (SSSR count). The zero-order valence-electron chi connectivity index (χ0n) is 15.5. The number of likely N-dealkylation sites (tertiary alicyclic amines) is 1. The number of fused-ring (bicyclic) bond motifs is 1. The molecule has 5 nitrogen and oxygen atoms in total. The molecular weight excluding hydrogens is 328 g/mol. The summed E-state index contributed by atoms with van der Waals surface area (Å²) in [5.74, 6) is 1.86.